The third kappa shape index (κ3) is 1.05. The van der Waals surface area contributed by atoms with Crippen LogP contribution >= 0.6 is 0 Å². The lowest BCUT2D eigenvalue weighted by atomic mass is 10.1. The number of morpholine rings is 1. The van der Waals surface area contributed by atoms with E-state index in [0.29, 0.717) is 18.2 Å². The fourth-order valence-corrected chi connectivity index (χ4v) is 1.52. The Hall–Kier alpha value is -0.120. The molecule has 0 saturated carbocycles. The van der Waals surface area contributed by atoms with Crippen molar-refractivity contribution < 1.29 is 9.47 Å². The molecule has 0 aliphatic carbocycles. The van der Waals surface area contributed by atoms with Gasteiger partial charge in [0.1, 0.15) is 0 Å². The third-order valence-electron chi connectivity index (χ3n) is 2.10. The summed E-state index contributed by atoms with van der Waals surface area (Å²) in [5.41, 5.74) is 0. The van der Waals surface area contributed by atoms with Gasteiger partial charge in [-0.3, -0.25) is 0 Å². The van der Waals surface area contributed by atoms with Crippen molar-refractivity contribution in [1.82, 2.24) is 5.32 Å². The van der Waals surface area contributed by atoms with E-state index in [-0.39, 0.29) is 0 Å². The van der Waals surface area contributed by atoms with Gasteiger partial charge in [0.15, 0.2) is 0 Å². The Kier molecular flexibility index (Phi) is 1.64. The summed E-state index contributed by atoms with van der Waals surface area (Å²) in [5.74, 6) is 0. The largest absolute Gasteiger partial charge is 0.377 e. The van der Waals surface area contributed by atoms with Gasteiger partial charge >= 0.3 is 0 Å². The van der Waals surface area contributed by atoms with Crippen LogP contribution < -0.4 is 5.32 Å². The second-order valence-electron chi connectivity index (χ2n) is 3.04. The molecule has 0 aromatic rings. The van der Waals surface area contributed by atoms with Crippen molar-refractivity contribution >= 4 is 0 Å². The standard InChI is InChI=1S/C7H13NO2/c1-5-2-8-6-3-9-4-7(6)10-5/h5-8H,2-4H2,1H3. The lowest BCUT2D eigenvalue weighted by Gasteiger charge is -2.30. The summed E-state index contributed by atoms with van der Waals surface area (Å²) in [5, 5.41) is 3.38. The van der Waals surface area contributed by atoms with Crippen molar-refractivity contribution in [1.29, 1.82) is 0 Å². The first kappa shape index (κ1) is 6.58. The second-order valence-corrected chi connectivity index (χ2v) is 3.04. The lowest BCUT2D eigenvalue weighted by Crippen LogP contribution is -2.50. The molecule has 0 spiro atoms. The molecule has 58 valence electrons. The van der Waals surface area contributed by atoms with Crippen LogP contribution in [0.5, 0.6) is 0 Å². The number of ether oxygens (including phenoxy) is 2. The molecule has 2 rings (SSSR count). The van der Waals surface area contributed by atoms with Crippen LogP contribution in [-0.2, 0) is 9.47 Å². The predicted octanol–water partition coefficient (Wildman–Crippen LogP) is -0.238. The van der Waals surface area contributed by atoms with Crippen LogP contribution in [0.15, 0.2) is 0 Å². The Balaban J connectivity index is 1.96. The highest BCUT2D eigenvalue weighted by molar-refractivity contribution is 4.87. The van der Waals surface area contributed by atoms with Crippen LogP contribution in [0.3, 0.4) is 0 Å². The number of hydrogen-bond donors (Lipinski definition) is 1. The van der Waals surface area contributed by atoms with E-state index in [4.69, 9.17) is 9.47 Å². The average molecular weight is 143 g/mol. The molecule has 0 aromatic heterocycles. The number of nitrogens with one attached hydrogen (secondary N) is 1. The first-order chi connectivity index (χ1) is 4.86. The van der Waals surface area contributed by atoms with Crippen molar-refractivity contribution in [2.24, 2.45) is 0 Å². The Labute approximate surface area is 60.7 Å². The average Bonchev–Trinajstić information content (AvgIpc) is 2.33. The Morgan fingerprint density at radius 1 is 1.40 bits per heavy atom. The molecule has 3 nitrogen and oxygen atoms in total. The Morgan fingerprint density at radius 2 is 2.30 bits per heavy atom. The summed E-state index contributed by atoms with van der Waals surface area (Å²) in [4.78, 5) is 0. The van der Waals surface area contributed by atoms with Crippen molar-refractivity contribution in [3.63, 3.8) is 0 Å². The van der Waals surface area contributed by atoms with E-state index in [0.717, 1.165) is 19.8 Å². The minimum atomic E-state index is 0.309. The topological polar surface area (TPSA) is 30.5 Å². The van der Waals surface area contributed by atoms with Crippen LogP contribution in [0.2, 0.25) is 0 Å². The smallest absolute Gasteiger partial charge is 0.0987 e. The molecule has 10 heavy (non-hydrogen) atoms. The predicted molar refractivity (Wildman–Crippen MR) is 36.9 cm³/mol. The van der Waals surface area contributed by atoms with E-state index < -0.39 is 0 Å². The molecule has 3 unspecified atom stereocenters. The van der Waals surface area contributed by atoms with Crippen LogP contribution in [-0.4, -0.2) is 38.0 Å². The quantitative estimate of drug-likeness (QED) is 0.508. The molecule has 2 aliphatic heterocycles. The highest BCUT2D eigenvalue weighted by Crippen LogP contribution is 2.15. The molecule has 3 atom stereocenters. The summed E-state index contributed by atoms with van der Waals surface area (Å²) in [6.07, 6.45) is 0.659. The Morgan fingerprint density at radius 3 is 3.20 bits per heavy atom. The van der Waals surface area contributed by atoms with Gasteiger partial charge in [0.2, 0.25) is 0 Å². The minimum absolute atomic E-state index is 0.309. The van der Waals surface area contributed by atoms with E-state index in [1.54, 1.807) is 0 Å². The van der Waals surface area contributed by atoms with Gasteiger partial charge in [0, 0.05) is 6.54 Å². The van der Waals surface area contributed by atoms with Gasteiger partial charge in [0.05, 0.1) is 31.5 Å². The molecule has 2 fully saturated rings. The molecule has 3 heteroatoms. The maximum atomic E-state index is 5.62. The molecule has 0 bridgehead atoms. The van der Waals surface area contributed by atoms with E-state index in [2.05, 4.69) is 12.2 Å². The van der Waals surface area contributed by atoms with Gasteiger partial charge in [-0.1, -0.05) is 0 Å². The molecule has 2 aliphatic rings. The van der Waals surface area contributed by atoms with Crippen molar-refractivity contribution in [3.8, 4) is 0 Å². The second kappa shape index (κ2) is 2.49. The molecule has 0 aromatic carbocycles. The zero-order valence-electron chi connectivity index (χ0n) is 6.17. The molecule has 2 saturated heterocycles. The summed E-state index contributed by atoms with van der Waals surface area (Å²) in [7, 11) is 0. The van der Waals surface area contributed by atoms with Crippen LogP contribution in [0, 0.1) is 0 Å². The molecular weight excluding hydrogens is 130 g/mol. The van der Waals surface area contributed by atoms with Crippen molar-refractivity contribution in [2.75, 3.05) is 19.8 Å². The number of rotatable bonds is 0. The lowest BCUT2D eigenvalue weighted by molar-refractivity contribution is -0.0398. The van der Waals surface area contributed by atoms with Gasteiger partial charge < -0.3 is 14.8 Å². The van der Waals surface area contributed by atoms with Crippen LogP contribution in [0.25, 0.3) is 0 Å². The molecule has 0 amide bonds. The molecule has 0 radical (unpaired) electrons. The first-order valence-corrected chi connectivity index (χ1v) is 3.83. The van der Waals surface area contributed by atoms with Gasteiger partial charge in [-0.05, 0) is 6.92 Å². The zero-order chi connectivity index (χ0) is 6.97. The third-order valence-corrected chi connectivity index (χ3v) is 2.10. The Bertz CT molecular complexity index is 129. The molecule has 1 N–H and O–H groups in total. The van der Waals surface area contributed by atoms with Crippen LogP contribution in [0.4, 0.5) is 0 Å². The molecule has 2 heterocycles. The summed E-state index contributed by atoms with van der Waals surface area (Å²) in [6.45, 7) is 4.63. The normalized spacial score (nSPS) is 47.1. The maximum Gasteiger partial charge on any atom is 0.0987 e. The van der Waals surface area contributed by atoms with E-state index in [1.807, 2.05) is 0 Å². The first-order valence-electron chi connectivity index (χ1n) is 3.83. The monoisotopic (exact) mass is 143 g/mol. The SMILES string of the molecule is CC1CNC2COCC2O1. The van der Waals surface area contributed by atoms with Crippen LogP contribution in [0.1, 0.15) is 6.92 Å². The fourth-order valence-electron chi connectivity index (χ4n) is 1.52. The van der Waals surface area contributed by atoms with Gasteiger partial charge in [-0.15, -0.1) is 0 Å². The summed E-state index contributed by atoms with van der Waals surface area (Å²) >= 11 is 0. The summed E-state index contributed by atoms with van der Waals surface area (Å²) in [6, 6.07) is 0.455. The van der Waals surface area contributed by atoms with Gasteiger partial charge in [-0.25, -0.2) is 0 Å². The van der Waals surface area contributed by atoms with Gasteiger partial charge in [-0.2, -0.15) is 0 Å². The number of hydrogen-bond acceptors (Lipinski definition) is 3. The fraction of sp³-hybridized carbons (Fsp3) is 1.00. The minimum Gasteiger partial charge on any atom is -0.377 e. The van der Waals surface area contributed by atoms with E-state index in [9.17, 15) is 0 Å². The van der Waals surface area contributed by atoms with E-state index in [1.165, 1.54) is 0 Å². The van der Waals surface area contributed by atoms with Crippen molar-refractivity contribution in [3.05, 3.63) is 0 Å². The highest BCUT2D eigenvalue weighted by Gasteiger charge is 2.33. The van der Waals surface area contributed by atoms with Gasteiger partial charge in [0.25, 0.3) is 0 Å². The summed E-state index contributed by atoms with van der Waals surface area (Å²) < 4.78 is 10.9. The maximum absolute atomic E-state index is 5.62. The van der Waals surface area contributed by atoms with Crippen molar-refractivity contribution in [2.45, 2.75) is 25.2 Å². The zero-order valence-corrected chi connectivity index (χ0v) is 6.17. The highest BCUT2D eigenvalue weighted by atomic mass is 16.6. The van der Waals surface area contributed by atoms with E-state index >= 15 is 0 Å². The number of fused-ring (bicyclic) bond motifs is 1. The molecular formula is C7H13NO2.